The highest BCUT2D eigenvalue weighted by molar-refractivity contribution is 6.35. The number of carbonyl (C=O) groups excluding carboxylic acids is 1. The van der Waals surface area contributed by atoms with Crippen LogP contribution in [0.4, 0.5) is 5.69 Å². The molecule has 2 unspecified atom stereocenters. The summed E-state index contributed by atoms with van der Waals surface area (Å²) in [6.07, 6.45) is 0.627. The summed E-state index contributed by atoms with van der Waals surface area (Å²) in [6.45, 7) is 3.92. The van der Waals surface area contributed by atoms with Crippen LogP contribution in [0.5, 0.6) is 5.75 Å². The van der Waals surface area contributed by atoms with Gasteiger partial charge in [-0.3, -0.25) is 4.79 Å². The molecule has 6 nitrogen and oxygen atoms in total. The standard InChI is InChI=1S/C29H30Cl2N2O4/c30-22-7-12-26(27(31)18-22)29-36-20-25(37-29)19-35-24-10-8-23(9-11-24)32-14-16-33(17-15-32)28(34)13-6-21-4-2-1-3-5-21/h1-5,7-12,18,25,29H,6,13-17,19-20H2. The summed E-state index contributed by atoms with van der Waals surface area (Å²) in [6, 6.07) is 23.5. The third-order valence-electron chi connectivity index (χ3n) is 6.71. The molecular weight excluding hydrogens is 511 g/mol. The van der Waals surface area contributed by atoms with Crippen molar-refractivity contribution in [3.05, 3.63) is 94.0 Å². The lowest BCUT2D eigenvalue weighted by Gasteiger charge is -2.36. The van der Waals surface area contributed by atoms with E-state index in [-0.39, 0.29) is 12.0 Å². The summed E-state index contributed by atoms with van der Waals surface area (Å²) in [5.74, 6) is 1.00. The summed E-state index contributed by atoms with van der Waals surface area (Å²) in [4.78, 5) is 16.9. The van der Waals surface area contributed by atoms with Crippen LogP contribution in [0.25, 0.3) is 0 Å². The maximum atomic E-state index is 12.6. The number of hydrogen-bond acceptors (Lipinski definition) is 5. The zero-order chi connectivity index (χ0) is 25.6. The average molecular weight is 541 g/mol. The number of aryl methyl sites for hydroxylation is 1. The first-order valence-corrected chi connectivity index (χ1v) is 13.3. The second kappa shape index (κ2) is 12.2. The highest BCUT2D eigenvalue weighted by Gasteiger charge is 2.29. The molecule has 2 aliphatic heterocycles. The van der Waals surface area contributed by atoms with E-state index >= 15 is 0 Å². The number of benzene rings is 3. The molecule has 0 aliphatic carbocycles. The van der Waals surface area contributed by atoms with Crippen LogP contribution in [0.1, 0.15) is 23.8 Å². The fourth-order valence-corrected chi connectivity index (χ4v) is 5.10. The molecule has 194 valence electrons. The SMILES string of the molecule is O=C(CCc1ccccc1)N1CCN(c2ccc(OCC3COC(c4ccc(Cl)cc4Cl)O3)cc2)CC1. The van der Waals surface area contributed by atoms with Crippen molar-refractivity contribution in [3.63, 3.8) is 0 Å². The Morgan fingerprint density at radius 1 is 0.946 bits per heavy atom. The Labute approximate surface area is 227 Å². The number of anilines is 1. The first-order valence-electron chi connectivity index (χ1n) is 12.6. The van der Waals surface area contributed by atoms with Crippen molar-refractivity contribution in [2.24, 2.45) is 0 Å². The van der Waals surface area contributed by atoms with E-state index in [9.17, 15) is 4.79 Å². The van der Waals surface area contributed by atoms with Crippen LogP contribution in [0.3, 0.4) is 0 Å². The molecule has 2 fully saturated rings. The minimum absolute atomic E-state index is 0.191. The number of rotatable bonds is 8. The second-order valence-electron chi connectivity index (χ2n) is 9.25. The van der Waals surface area contributed by atoms with Gasteiger partial charge in [-0.05, 0) is 48.4 Å². The van der Waals surface area contributed by atoms with Gasteiger partial charge in [0.1, 0.15) is 18.5 Å². The molecule has 0 bridgehead atoms. The largest absolute Gasteiger partial charge is 0.491 e. The van der Waals surface area contributed by atoms with E-state index in [2.05, 4.69) is 29.2 Å². The van der Waals surface area contributed by atoms with Gasteiger partial charge in [0.05, 0.1) is 11.6 Å². The van der Waals surface area contributed by atoms with Gasteiger partial charge in [-0.2, -0.15) is 0 Å². The number of halogens is 2. The van der Waals surface area contributed by atoms with Gasteiger partial charge in [-0.25, -0.2) is 0 Å². The van der Waals surface area contributed by atoms with Gasteiger partial charge < -0.3 is 24.0 Å². The highest BCUT2D eigenvalue weighted by atomic mass is 35.5. The van der Waals surface area contributed by atoms with Crippen LogP contribution in [0.2, 0.25) is 10.0 Å². The topological polar surface area (TPSA) is 51.2 Å². The smallest absolute Gasteiger partial charge is 0.223 e. The van der Waals surface area contributed by atoms with Gasteiger partial charge in [0.25, 0.3) is 0 Å². The molecule has 3 aromatic carbocycles. The minimum Gasteiger partial charge on any atom is -0.491 e. The molecule has 8 heteroatoms. The van der Waals surface area contributed by atoms with Crippen LogP contribution in [-0.4, -0.2) is 56.3 Å². The van der Waals surface area contributed by atoms with E-state index in [0.29, 0.717) is 29.7 Å². The lowest BCUT2D eigenvalue weighted by molar-refractivity contribution is -0.131. The van der Waals surface area contributed by atoms with Crippen LogP contribution in [-0.2, 0) is 20.7 Å². The van der Waals surface area contributed by atoms with Crippen molar-refractivity contribution >= 4 is 34.8 Å². The zero-order valence-electron chi connectivity index (χ0n) is 20.5. The van der Waals surface area contributed by atoms with E-state index in [1.54, 1.807) is 12.1 Å². The lowest BCUT2D eigenvalue weighted by Crippen LogP contribution is -2.48. The van der Waals surface area contributed by atoms with E-state index in [0.717, 1.165) is 49.6 Å². The van der Waals surface area contributed by atoms with Gasteiger partial charge in [0.15, 0.2) is 6.29 Å². The first kappa shape index (κ1) is 25.9. The molecule has 0 saturated carbocycles. The maximum Gasteiger partial charge on any atom is 0.223 e. The van der Waals surface area contributed by atoms with Crippen molar-refractivity contribution in [3.8, 4) is 5.75 Å². The Kier molecular flexibility index (Phi) is 8.52. The van der Waals surface area contributed by atoms with Crippen LogP contribution < -0.4 is 9.64 Å². The van der Waals surface area contributed by atoms with Crippen molar-refractivity contribution in [2.45, 2.75) is 25.2 Å². The molecule has 2 atom stereocenters. The Balaban J connectivity index is 1.05. The van der Waals surface area contributed by atoms with Gasteiger partial charge in [-0.1, -0.05) is 59.6 Å². The molecule has 0 radical (unpaired) electrons. The van der Waals surface area contributed by atoms with Crippen LogP contribution in [0, 0.1) is 0 Å². The molecular formula is C29H30Cl2N2O4. The molecule has 37 heavy (non-hydrogen) atoms. The summed E-state index contributed by atoms with van der Waals surface area (Å²) >= 11 is 12.2. The number of ether oxygens (including phenoxy) is 3. The Morgan fingerprint density at radius 2 is 1.70 bits per heavy atom. The van der Waals surface area contributed by atoms with Crippen molar-refractivity contribution in [1.82, 2.24) is 4.90 Å². The van der Waals surface area contributed by atoms with Gasteiger partial charge in [0, 0.05) is 48.9 Å². The predicted octanol–water partition coefficient (Wildman–Crippen LogP) is 5.77. The summed E-state index contributed by atoms with van der Waals surface area (Å²) < 4.78 is 17.7. The maximum absolute atomic E-state index is 12.6. The Morgan fingerprint density at radius 3 is 2.43 bits per heavy atom. The fourth-order valence-electron chi connectivity index (χ4n) is 4.60. The number of nitrogens with zero attached hydrogens (tertiary/aromatic N) is 2. The molecule has 2 aliphatic rings. The number of hydrogen-bond donors (Lipinski definition) is 0. The average Bonchev–Trinajstić information content (AvgIpc) is 3.40. The molecule has 0 spiro atoms. The fraction of sp³-hybridized carbons (Fsp3) is 0.345. The van der Waals surface area contributed by atoms with Gasteiger partial charge >= 0.3 is 0 Å². The lowest BCUT2D eigenvalue weighted by atomic mass is 10.1. The van der Waals surface area contributed by atoms with E-state index < -0.39 is 6.29 Å². The third-order valence-corrected chi connectivity index (χ3v) is 7.27. The molecule has 5 rings (SSSR count). The number of carbonyl (C=O) groups is 1. The van der Waals surface area contributed by atoms with E-state index in [4.69, 9.17) is 37.4 Å². The zero-order valence-corrected chi connectivity index (χ0v) is 22.0. The van der Waals surface area contributed by atoms with E-state index in [1.807, 2.05) is 41.3 Å². The second-order valence-corrected chi connectivity index (χ2v) is 10.1. The van der Waals surface area contributed by atoms with E-state index in [1.165, 1.54) is 5.56 Å². The predicted molar refractivity (Wildman–Crippen MR) is 146 cm³/mol. The van der Waals surface area contributed by atoms with Gasteiger partial charge in [-0.15, -0.1) is 0 Å². The number of piperazine rings is 1. The number of amides is 1. The monoisotopic (exact) mass is 540 g/mol. The van der Waals surface area contributed by atoms with Crippen molar-refractivity contribution in [1.29, 1.82) is 0 Å². The Bertz CT molecular complexity index is 1180. The molecule has 2 saturated heterocycles. The summed E-state index contributed by atoms with van der Waals surface area (Å²) in [5, 5.41) is 1.09. The molecule has 2 heterocycles. The molecule has 0 N–H and O–H groups in total. The van der Waals surface area contributed by atoms with Crippen LogP contribution in [0.15, 0.2) is 72.8 Å². The normalized spacial score (nSPS) is 19.7. The summed E-state index contributed by atoms with van der Waals surface area (Å²) in [7, 11) is 0. The Hall–Kier alpha value is -2.77. The van der Waals surface area contributed by atoms with Crippen molar-refractivity contribution in [2.75, 3.05) is 44.3 Å². The molecule has 3 aromatic rings. The van der Waals surface area contributed by atoms with Crippen LogP contribution >= 0.6 is 23.2 Å². The first-order chi connectivity index (χ1) is 18.0. The quantitative estimate of drug-likeness (QED) is 0.363. The summed E-state index contributed by atoms with van der Waals surface area (Å²) in [5.41, 5.74) is 3.09. The van der Waals surface area contributed by atoms with Gasteiger partial charge in [0.2, 0.25) is 5.91 Å². The van der Waals surface area contributed by atoms with Crippen molar-refractivity contribution < 1.29 is 19.0 Å². The third kappa shape index (κ3) is 6.76. The molecule has 1 amide bonds. The molecule has 0 aromatic heterocycles. The highest BCUT2D eigenvalue weighted by Crippen LogP contribution is 2.33. The minimum atomic E-state index is -0.523.